The van der Waals surface area contributed by atoms with Crippen molar-refractivity contribution in [3.05, 3.63) is 78.9 Å². The van der Waals surface area contributed by atoms with Crippen molar-refractivity contribution in [3.63, 3.8) is 0 Å². The third-order valence-electron chi connectivity index (χ3n) is 1.72. The monoisotopic (exact) mass is 223 g/mol. The van der Waals surface area contributed by atoms with Crippen LogP contribution in [0.3, 0.4) is 0 Å². The summed E-state index contributed by atoms with van der Waals surface area (Å²) < 4.78 is 0. The van der Waals surface area contributed by atoms with Crippen molar-refractivity contribution in [2.24, 2.45) is 0 Å². The Morgan fingerprint density at radius 2 is 1.82 bits per heavy atom. The molecule has 0 radical (unpaired) electrons. The third-order valence-corrected chi connectivity index (χ3v) is 1.72. The van der Waals surface area contributed by atoms with Gasteiger partial charge in [0.05, 0.1) is 6.07 Å². The van der Waals surface area contributed by atoms with Crippen molar-refractivity contribution < 1.29 is 0 Å². The van der Waals surface area contributed by atoms with Gasteiger partial charge in [0.15, 0.2) is 0 Å². The summed E-state index contributed by atoms with van der Waals surface area (Å²) in [5.41, 5.74) is 2.16. The highest BCUT2D eigenvalue weighted by Crippen LogP contribution is 2.00. The molecule has 0 saturated heterocycles. The fourth-order valence-electron chi connectivity index (χ4n) is 0.829. The van der Waals surface area contributed by atoms with E-state index in [1.165, 1.54) is 6.08 Å². The zero-order valence-corrected chi connectivity index (χ0v) is 10.1. The minimum atomic E-state index is 1.02. The molecule has 0 fully saturated rings. The average molecular weight is 223 g/mol. The number of nitriles is 1. The van der Waals surface area contributed by atoms with Gasteiger partial charge in [-0.1, -0.05) is 73.4 Å². The molecule has 0 N–H and O–H groups in total. The molecule has 0 saturated carbocycles. The summed E-state index contributed by atoms with van der Waals surface area (Å²) >= 11 is 0. The SMILES string of the molecule is C=CC(=C)C.N#CC=CC=Cc1ccccc1. The molecule has 0 unspecified atom stereocenters. The van der Waals surface area contributed by atoms with Gasteiger partial charge in [0.1, 0.15) is 0 Å². The number of rotatable bonds is 3. The van der Waals surface area contributed by atoms with E-state index in [2.05, 4.69) is 13.2 Å². The fraction of sp³-hybridized carbons (Fsp3) is 0.0625. The normalized spacial score (nSPS) is 9.41. The summed E-state index contributed by atoms with van der Waals surface area (Å²) in [5.74, 6) is 0. The Morgan fingerprint density at radius 1 is 1.24 bits per heavy atom. The van der Waals surface area contributed by atoms with Crippen LogP contribution < -0.4 is 0 Å². The van der Waals surface area contributed by atoms with Gasteiger partial charge < -0.3 is 0 Å². The second kappa shape index (κ2) is 10.2. The summed E-state index contributed by atoms with van der Waals surface area (Å²) in [6.07, 6.45) is 8.68. The lowest BCUT2D eigenvalue weighted by Crippen LogP contribution is -1.66. The predicted molar refractivity (Wildman–Crippen MR) is 75.2 cm³/mol. The summed E-state index contributed by atoms with van der Waals surface area (Å²) in [6, 6.07) is 11.9. The van der Waals surface area contributed by atoms with Crippen LogP contribution in [-0.2, 0) is 0 Å². The maximum absolute atomic E-state index is 8.19. The Labute approximate surface area is 104 Å². The first-order valence-electron chi connectivity index (χ1n) is 5.26. The molecule has 1 aromatic carbocycles. The molecule has 0 bridgehead atoms. The molecule has 1 rings (SSSR count). The molecule has 17 heavy (non-hydrogen) atoms. The van der Waals surface area contributed by atoms with Gasteiger partial charge in [0.25, 0.3) is 0 Å². The van der Waals surface area contributed by atoms with Gasteiger partial charge in [-0.25, -0.2) is 0 Å². The van der Waals surface area contributed by atoms with Crippen LogP contribution in [0.5, 0.6) is 0 Å². The zero-order valence-electron chi connectivity index (χ0n) is 10.1. The highest BCUT2D eigenvalue weighted by atomic mass is 14.2. The molecule has 0 aliphatic carbocycles. The quantitative estimate of drug-likeness (QED) is 0.545. The summed E-state index contributed by atoms with van der Waals surface area (Å²) in [6.45, 7) is 8.93. The maximum atomic E-state index is 8.19. The number of hydrogen-bond acceptors (Lipinski definition) is 1. The summed E-state index contributed by atoms with van der Waals surface area (Å²) in [5, 5.41) is 8.19. The molecule has 1 nitrogen and oxygen atoms in total. The topological polar surface area (TPSA) is 23.8 Å². The second-order valence-electron chi connectivity index (χ2n) is 3.31. The van der Waals surface area contributed by atoms with Crippen molar-refractivity contribution >= 4 is 6.08 Å². The first-order chi connectivity index (χ1) is 8.20. The van der Waals surface area contributed by atoms with Gasteiger partial charge in [-0.3, -0.25) is 0 Å². The number of allylic oxidation sites excluding steroid dienone is 5. The number of benzene rings is 1. The largest absolute Gasteiger partial charge is 0.193 e. The van der Waals surface area contributed by atoms with E-state index in [0.717, 1.165) is 11.1 Å². The molecule has 0 amide bonds. The number of hydrogen-bond donors (Lipinski definition) is 0. The third kappa shape index (κ3) is 9.96. The Bertz CT molecular complexity index is 430. The Morgan fingerprint density at radius 3 is 2.29 bits per heavy atom. The zero-order chi connectivity index (χ0) is 12.9. The smallest absolute Gasteiger partial charge is 0.0912 e. The van der Waals surface area contributed by atoms with Gasteiger partial charge in [0.2, 0.25) is 0 Å². The molecule has 0 aliphatic heterocycles. The molecular weight excluding hydrogens is 206 g/mol. The molecule has 86 valence electrons. The van der Waals surface area contributed by atoms with Crippen LogP contribution in [0.15, 0.2) is 73.4 Å². The van der Waals surface area contributed by atoms with Crippen LogP contribution in [-0.4, -0.2) is 0 Å². The van der Waals surface area contributed by atoms with E-state index in [-0.39, 0.29) is 0 Å². The molecule has 0 spiro atoms. The first kappa shape index (κ1) is 14.7. The lowest BCUT2D eigenvalue weighted by molar-refractivity contribution is 1.53. The van der Waals surface area contributed by atoms with Gasteiger partial charge in [-0.05, 0) is 12.5 Å². The van der Waals surface area contributed by atoms with Crippen molar-refractivity contribution in [3.8, 4) is 6.07 Å². The molecular formula is C16H17N. The van der Waals surface area contributed by atoms with Crippen LogP contribution in [0.2, 0.25) is 0 Å². The van der Waals surface area contributed by atoms with Gasteiger partial charge in [-0.2, -0.15) is 5.26 Å². The second-order valence-corrected chi connectivity index (χ2v) is 3.31. The predicted octanol–water partition coefficient (Wildman–Crippen LogP) is 4.53. The van der Waals surface area contributed by atoms with E-state index in [9.17, 15) is 0 Å². The van der Waals surface area contributed by atoms with E-state index in [1.807, 2.05) is 55.5 Å². The van der Waals surface area contributed by atoms with E-state index >= 15 is 0 Å². The Kier molecular flexibility index (Phi) is 8.80. The maximum Gasteiger partial charge on any atom is 0.0912 e. The van der Waals surface area contributed by atoms with Crippen LogP contribution in [0.1, 0.15) is 12.5 Å². The van der Waals surface area contributed by atoms with E-state index in [4.69, 9.17) is 5.26 Å². The lowest BCUT2D eigenvalue weighted by atomic mass is 10.2. The fourth-order valence-corrected chi connectivity index (χ4v) is 0.829. The minimum absolute atomic E-state index is 1.02. The molecule has 0 aliphatic rings. The standard InChI is InChI=1S/C11H9N.C5H8/c12-10-6-2-5-9-11-7-3-1-4-8-11;1-4-5(2)3/h1-9H;4H,1-2H2,3H3. The molecule has 1 aromatic rings. The Balaban J connectivity index is 0.000000437. The van der Waals surface area contributed by atoms with Crippen molar-refractivity contribution in [1.29, 1.82) is 5.26 Å². The van der Waals surface area contributed by atoms with Crippen molar-refractivity contribution in [1.82, 2.24) is 0 Å². The molecule has 1 heteroatoms. The van der Waals surface area contributed by atoms with Gasteiger partial charge in [0, 0.05) is 6.08 Å². The van der Waals surface area contributed by atoms with Crippen molar-refractivity contribution in [2.75, 3.05) is 0 Å². The summed E-state index contributed by atoms with van der Waals surface area (Å²) in [7, 11) is 0. The first-order valence-corrected chi connectivity index (χ1v) is 5.26. The van der Waals surface area contributed by atoms with Crippen LogP contribution in [0.25, 0.3) is 6.08 Å². The van der Waals surface area contributed by atoms with E-state index < -0.39 is 0 Å². The highest BCUT2D eigenvalue weighted by Gasteiger charge is 1.78. The summed E-state index contributed by atoms with van der Waals surface area (Å²) in [4.78, 5) is 0. The van der Waals surface area contributed by atoms with Crippen LogP contribution >= 0.6 is 0 Å². The van der Waals surface area contributed by atoms with Crippen molar-refractivity contribution in [2.45, 2.75) is 6.92 Å². The number of nitrogens with zero attached hydrogens (tertiary/aromatic N) is 1. The van der Waals surface area contributed by atoms with Gasteiger partial charge >= 0.3 is 0 Å². The molecule has 0 heterocycles. The molecule has 0 aromatic heterocycles. The minimum Gasteiger partial charge on any atom is -0.193 e. The average Bonchev–Trinajstić information content (AvgIpc) is 2.37. The Hall–Kier alpha value is -2.33. The molecule has 0 atom stereocenters. The highest BCUT2D eigenvalue weighted by molar-refractivity contribution is 5.50. The van der Waals surface area contributed by atoms with Crippen LogP contribution in [0.4, 0.5) is 0 Å². The van der Waals surface area contributed by atoms with Gasteiger partial charge in [-0.15, -0.1) is 0 Å². The van der Waals surface area contributed by atoms with Crippen LogP contribution in [0, 0.1) is 11.3 Å². The van der Waals surface area contributed by atoms with E-state index in [1.54, 1.807) is 12.2 Å². The van der Waals surface area contributed by atoms with E-state index in [0.29, 0.717) is 0 Å². The lowest BCUT2D eigenvalue weighted by Gasteiger charge is -1.87.